The normalized spacial score (nSPS) is 33.2. The molecule has 3 fully saturated rings. The lowest BCUT2D eigenvalue weighted by molar-refractivity contribution is -0.115. The zero-order valence-electron chi connectivity index (χ0n) is 24.8. The maximum Gasteiger partial charge on any atom is 0.192 e. The van der Waals surface area contributed by atoms with Crippen molar-refractivity contribution in [2.45, 2.75) is 103 Å². The third-order valence-corrected chi connectivity index (χ3v) is 14.5. The number of fused-ring (bicyclic) bond motifs is 2. The lowest BCUT2D eigenvalue weighted by Gasteiger charge is -2.42. The van der Waals surface area contributed by atoms with Gasteiger partial charge in [-0.3, -0.25) is 4.79 Å². The molecule has 7 atom stereocenters. The molecule has 218 valence electrons. The quantitative estimate of drug-likeness (QED) is 0.174. The minimum absolute atomic E-state index is 0.0558. The van der Waals surface area contributed by atoms with Gasteiger partial charge >= 0.3 is 0 Å². The van der Waals surface area contributed by atoms with E-state index in [4.69, 9.17) is 28.1 Å². The third-order valence-electron chi connectivity index (χ3n) is 10.0. The summed E-state index contributed by atoms with van der Waals surface area (Å²) in [5.74, 6) is 1.91. The highest BCUT2D eigenvalue weighted by atomic mass is 28.4. The van der Waals surface area contributed by atoms with Gasteiger partial charge in [-0.15, -0.1) is 0 Å². The van der Waals surface area contributed by atoms with Gasteiger partial charge < -0.3 is 28.1 Å². The summed E-state index contributed by atoms with van der Waals surface area (Å²) in [5.41, 5.74) is 1.04. The molecule has 4 aliphatic rings. The monoisotopic (exact) mass is 552 g/mol. The second-order valence-electron chi connectivity index (χ2n) is 13.4. The molecule has 0 bridgehead atoms. The topological polar surface area (TPSA) is 72.5 Å². The zero-order valence-corrected chi connectivity index (χ0v) is 25.8. The van der Waals surface area contributed by atoms with Gasteiger partial charge in [0, 0.05) is 25.6 Å². The molecule has 3 aliphatic carbocycles. The number of carbonyl (C=O) groups is 1. The van der Waals surface area contributed by atoms with Crippen LogP contribution in [0.2, 0.25) is 18.1 Å². The number of rotatable bonds is 12. The van der Waals surface area contributed by atoms with Gasteiger partial charge in [-0.05, 0) is 79.5 Å². The van der Waals surface area contributed by atoms with E-state index < -0.39 is 8.32 Å². The van der Waals surface area contributed by atoms with Crippen LogP contribution in [0.1, 0.15) is 66.2 Å². The van der Waals surface area contributed by atoms with Crippen molar-refractivity contribution in [3.8, 4) is 0 Å². The summed E-state index contributed by atoms with van der Waals surface area (Å²) >= 11 is 0. The fourth-order valence-electron chi connectivity index (χ4n) is 6.75. The third kappa shape index (κ3) is 6.99. The average Bonchev–Trinajstić information content (AvgIpc) is 3.55. The van der Waals surface area contributed by atoms with E-state index in [2.05, 4.69) is 46.9 Å². The first-order valence-corrected chi connectivity index (χ1v) is 17.8. The summed E-state index contributed by atoms with van der Waals surface area (Å²) < 4.78 is 35.6. The molecule has 8 heteroatoms. The van der Waals surface area contributed by atoms with Crippen LogP contribution in [0.4, 0.5) is 0 Å². The molecule has 0 N–H and O–H groups in total. The van der Waals surface area contributed by atoms with Gasteiger partial charge in [-0.25, -0.2) is 0 Å². The summed E-state index contributed by atoms with van der Waals surface area (Å²) in [6, 6.07) is 0. The highest BCUT2D eigenvalue weighted by Gasteiger charge is 2.51. The van der Waals surface area contributed by atoms with Gasteiger partial charge in [0.25, 0.3) is 0 Å². The maximum atomic E-state index is 13.5. The van der Waals surface area contributed by atoms with Crippen LogP contribution in [0.5, 0.6) is 0 Å². The van der Waals surface area contributed by atoms with Crippen LogP contribution in [0.3, 0.4) is 0 Å². The minimum Gasteiger partial charge on any atom is -0.414 e. The molecule has 0 aromatic rings. The average molecular weight is 553 g/mol. The molecule has 38 heavy (non-hydrogen) atoms. The number of hydrogen-bond acceptors (Lipinski definition) is 7. The Balaban J connectivity index is 1.53. The van der Waals surface area contributed by atoms with Crippen molar-refractivity contribution in [3.63, 3.8) is 0 Å². The molecule has 0 radical (unpaired) electrons. The summed E-state index contributed by atoms with van der Waals surface area (Å²) in [6.07, 6.45) is 7.95. The van der Waals surface area contributed by atoms with Crippen molar-refractivity contribution in [1.29, 1.82) is 0 Å². The SMILES string of the molecule is COCCOCO[C@H]1CC[C@@H]2[C@H]1C=C1C(=O)C[C@H]([C@@H](C)CCC3OCCO3)[C@H]1C[C@@H]2O[Si](C)(C)C(C)(C)C. The maximum absolute atomic E-state index is 13.5. The van der Waals surface area contributed by atoms with E-state index in [0.717, 1.165) is 37.7 Å². The van der Waals surface area contributed by atoms with Gasteiger partial charge in [0.1, 0.15) is 6.79 Å². The first kappa shape index (κ1) is 30.3. The van der Waals surface area contributed by atoms with Crippen molar-refractivity contribution in [3.05, 3.63) is 11.6 Å². The van der Waals surface area contributed by atoms with Crippen molar-refractivity contribution >= 4 is 14.1 Å². The van der Waals surface area contributed by atoms with Crippen LogP contribution in [-0.4, -0.2) is 72.9 Å². The molecule has 2 saturated carbocycles. The van der Waals surface area contributed by atoms with E-state index in [1.807, 2.05) is 0 Å². The number of ether oxygens (including phenoxy) is 5. The van der Waals surface area contributed by atoms with Crippen LogP contribution in [0.15, 0.2) is 11.6 Å². The molecule has 0 spiro atoms. The number of allylic oxidation sites excluding steroid dienone is 1. The van der Waals surface area contributed by atoms with Crippen molar-refractivity contribution in [2.24, 2.45) is 29.6 Å². The Hall–Kier alpha value is -0.613. The molecule has 7 nitrogen and oxygen atoms in total. The van der Waals surface area contributed by atoms with E-state index in [9.17, 15) is 4.79 Å². The Morgan fingerprint density at radius 1 is 1.11 bits per heavy atom. The van der Waals surface area contributed by atoms with Gasteiger partial charge in [-0.2, -0.15) is 0 Å². The molecule has 1 aliphatic heterocycles. The molecule has 0 unspecified atom stereocenters. The Morgan fingerprint density at radius 3 is 2.53 bits per heavy atom. The number of methoxy groups -OCH3 is 1. The second-order valence-corrected chi connectivity index (χ2v) is 18.2. The predicted octanol–water partition coefficient (Wildman–Crippen LogP) is 5.73. The largest absolute Gasteiger partial charge is 0.414 e. The Kier molecular flexibility index (Phi) is 10.3. The summed E-state index contributed by atoms with van der Waals surface area (Å²) in [7, 11) is -0.329. The number of carbonyl (C=O) groups excluding carboxylic acids is 1. The molecule has 1 heterocycles. The fourth-order valence-corrected chi connectivity index (χ4v) is 8.13. The lowest BCUT2D eigenvalue weighted by atomic mass is 9.78. The van der Waals surface area contributed by atoms with Gasteiger partial charge in [0.05, 0.1) is 32.5 Å². The van der Waals surface area contributed by atoms with Crippen LogP contribution in [0, 0.1) is 29.6 Å². The lowest BCUT2D eigenvalue weighted by Crippen LogP contribution is -2.47. The molecular formula is C30H52O7Si. The van der Waals surface area contributed by atoms with Gasteiger partial charge in [0.2, 0.25) is 0 Å². The van der Waals surface area contributed by atoms with Gasteiger partial charge in [-0.1, -0.05) is 33.8 Å². The number of Topliss-reactive ketones (excluding diaryl/α,β-unsaturated/α-hetero) is 1. The van der Waals surface area contributed by atoms with E-state index in [1.54, 1.807) is 7.11 Å². The van der Waals surface area contributed by atoms with Crippen molar-refractivity contribution < 1.29 is 32.9 Å². The Bertz CT molecular complexity index is 816. The predicted molar refractivity (Wildman–Crippen MR) is 149 cm³/mol. The van der Waals surface area contributed by atoms with Crippen LogP contribution >= 0.6 is 0 Å². The first-order chi connectivity index (χ1) is 18.0. The van der Waals surface area contributed by atoms with Crippen LogP contribution < -0.4 is 0 Å². The molecule has 4 rings (SSSR count). The van der Waals surface area contributed by atoms with Crippen molar-refractivity contribution in [2.75, 3.05) is 40.3 Å². The highest BCUT2D eigenvalue weighted by Crippen LogP contribution is 2.52. The number of ketones is 1. The fraction of sp³-hybridized carbons (Fsp3) is 0.900. The second kappa shape index (κ2) is 12.9. The van der Waals surface area contributed by atoms with Crippen LogP contribution in [-0.2, 0) is 32.9 Å². The molecule has 1 saturated heterocycles. The zero-order chi connectivity index (χ0) is 27.5. The molecule has 0 aromatic heterocycles. The number of hydrogen-bond donors (Lipinski definition) is 0. The van der Waals surface area contributed by atoms with E-state index in [-0.39, 0.29) is 42.2 Å². The van der Waals surface area contributed by atoms with E-state index in [1.165, 1.54) is 0 Å². The minimum atomic E-state index is -2.00. The van der Waals surface area contributed by atoms with Crippen LogP contribution in [0.25, 0.3) is 0 Å². The van der Waals surface area contributed by atoms with E-state index in [0.29, 0.717) is 56.4 Å². The Labute approximate surface area is 231 Å². The summed E-state index contributed by atoms with van der Waals surface area (Å²) in [6.45, 7) is 16.7. The van der Waals surface area contributed by atoms with Gasteiger partial charge in [0.15, 0.2) is 20.4 Å². The summed E-state index contributed by atoms with van der Waals surface area (Å²) in [5, 5.41) is 0.133. The highest BCUT2D eigenvalue weighted by molar-refractivity contribution is 6.74. The summed E-state index contributed by atoms with van der Waals surface area (Å²) in [4.78, 5) is 13.5. The standard InChI is InChI=1S/C30H52O7Si/c1-20(8-11-29-34-14-15-35-29)22-17-26(31)24-16-25-21(9-10-27(25)36-19-33-13-12-32-5)28(18-23(22)24)37-38(6,7)30(2,3)4/h16,20-23,25,27-29H,8-15,17-19H2,1-7H3/t20-,21+,22+,23+,25+,27-,28-/m0/s1. The Morgan fingerprint density at radius 2 is 1.84 bits per heavy atom. The van der Waals surface area contributed by atoms with E-state index >= 15 is 0 Å². The molecule has 0 aromatic carbocycles. The first-order valence-electron chi connectivity index (χ1n) is 14.9. The van der Waals surface area contributed by atoms with Crippen molar-refractivity contribution in [1.82, 2.24) is 0 Å². The smallest absolute Gasteiger partial charge is 0.192 e. The molecular weight excluding hydrogens is 500 g/mol. The molecule has 0 amide bonds.